The van der Waals surface area contributed by atoms with Crippen molar-refractivity contribution in [3.63, 3.8) is 0 Å². The van der Waals surface area contributed by atoms with Gasteiger partial charge in [-0.2, -0.15) is 0 Å². The molecular weight excluding hydrogens is 424 g/mol. The van der Waals surface area contributed by atoms with Crippen molar-refractivity contribution in [2.75, 3.05) is 12.4 Å². The van der Waals surface area contributed by atoms with Crippen molar-refractivity contribution in [1.82, 2.24) is 25.3 Å². The van der Waals surface area contributed by atoms with Crippen LogP contribution in [0.5, 0.6) is 5.88 Å². The second kappa shape index (κ2) is 11.1. The number of nitrogens with zero attached hydrogens (tertiary/aromatic N) is 4. The lowest BCUT2D eigenvalue weighted by molar-refractivity contribution is 0.0948. The molecule has 4 heterocycles. The molecule has 166 valence electrons. The average Bonchev–Trinajstić information content (AvgIpc) is 3.32. The summed E-state index contributed by atoms with van der Waals surface area (Å²) in [6.07, 6.45) is 3.43. The summed E-state index contributed by atoms with van der Waals surface area (Å²) in [6.45, 7) is 6.81. The van der Waals surface area contributed by atoms with Crippen LogP contribution in [0.2, 0.25) is 0 Å². The molecule has 32 heavy (non-hydrogen) atoms. The first-order valence-electron chi connectivity index (χ1n) is 10.3. The largest absolute Gasteiger partial charge is 0.481 e. The molecule has 0 saturated heterocycles. The Morgan fingerprint density at radius 1 is 1.09 bits per heavy atom. The number of hydrogen-bond donors (Lipinski definition) is 2. The number of pyridine rings is 2. The van der Waals surface area contributed by atoms with Crippen molar-refractivity contribution in [3.8, 4) is 5.88 Å². The zero-order valence-corrected chi connectivity index (χ0v) is 19.4. The maximum atomic E-state index is 12.9. The molecule has 2 N–H and O–H groups in total. The molecule has 8 nitrogen and oxygen atoms in total. The van der Waals surface area contributed by atoms with E-state index >= 15 is 0 Å². The highest BCUT2D eigenvalue weighted by atomic mass is 32.1. The van der Waals surface area contributed by atoms with E-state index in [2.05, 4.69) is 30.6 Å². The van der Waals surface area contributed by atoms with Crippen molar-refractivity contribution in [2.45, 2.75) is 33.9 Å². The molecule has 0 aliphatic rings. The molecule has 9 heteroatoms. The first-order chi connectivity index (χ1) is 15.6. The number of rotatable bonds is 7. The van der Waals surface area contributed by atoms with Crippen LogP contribution in [0.3, 0.4) is 0 Å². The van der Waals surface area contributed by atoms with Gasteiger partial charge < -0.3 is 15.4 Å². The van der Waals surface area contributed by atoms with Crippen molar-refractivity contribution in [1.29, 1.82) is 0 Å². The number of hydrogen-bond acceptors (Lipinski definition) is 8. The molecule has 0 radical (unpaired) electrons. The van der Waals surface area contributed by atoms with Crippen molar-refractivity contribution in [2.24, 2.45) is 0 Å². The van der Waals surface area contributed by atoms with Crippen LogP contribution in [0, 0.1) is 6.92 Å². The monoisotopic (exact) mass is 450 g/mol. The molecular formula is C23H26N6O2S. The van der Waals surface area contributed by atoms with Crippen LogP contribution in [0.25, 0.3) is 10.2 Å². The van der Waals surface area contributed by atoms with Gasteiger partial charge in [0.15, 0.2) is 5.69 Å². The predicted octanol–water partition coefficient (Wildman–Crippen LogP) is 4.37. The van der Waals surface area contributed by atoms with Crippen molar-refractivity contribution in [3.05, 3.63) is 70.6 Å². The second-order valence-electron chi connectivity index (χ2n) is 6.52. The number of anilines is 1. The fourth-order valence-corrected chi connectivity index (χ4v) is 3.69. The van der Waals surface area contributed by atoms with E-state index in [0.717, 1.165) is 27.0 Å². The average molecular weight is 451 g/mol. The summed E-state index contributed by atoms with van der Waals surface area (Å²) in [6, 6.07) is 9.38. The Bertz CT molecular complexity index is 1180. The van der Waals surface area contributed by atoms with Gasteiger partial charge in [0.1, 0.15) is 0 Å². The smallest absolute Gasteiger partial charge is 0.271 e. The Hall–Kier alpha value is -3.59. The number of thiophene rings is 1. The van der Waals surface area contributed by atoms with Crippen LogP contribution in [0.15, 0.2) is 48.1 Å². The summed E-state index contributed by atoms with van der Waals surface area (Å²) >= 11 is 1.44. The van der Waals surface area contributed by atoms with E-state index in [0.29, 0.717) is 30.6 Å². The third-order valence-electron chi connectivity index (χ3n) is 4.53. The molecule has 4 aromatic heterocycles. The first-order valence-corrected chi connectivity index (χ1v) is 11.2. The Balaban J connectivity index is 0.00000141. The number of carbonyl (C=O) groups excluding carboxylic acids is 1. The number of ether oxygens (including phenoxy) is 1. The molecule has 0 bridgehead atoms. The number of carbonyl (C=O) groups is 1. The molecule has 0 aliphatic heterocycles. The molecule has 4 rings (SSSR count). The van der Waals surface area contributed by atoms with Gasteiger partial charge in [-0.15, -0.1) is 11.3 Å². The molecule has 0 fully saturated rings. The van der Waals surface area contributed by atoms with Gasteiger partial charge in [-0.1, -0.05) is 26.0 Å². The van der Waals surface area contributed by atoms with Gasteiger partial charge in [-0.3, -0.25) is 9.78 Å². The Kier molecular flexibility index (Phi) is 8.04. The highest BCUT2D eigenvalue weighted by molar-refractivity contribution is 7.17. The van der Waals surface area contributed by atoms with Crippen LogP contribution in [0.1, 0.15) is 41.2 Å². The van der Waals surface area contributed by atoms with E-state index in [4.69, 9.17) is 4.74 Å². The number of fused-ring (bicyclic) bond motifs is 1. The van der Waals surface area contributed by atoms with E-state index in [-0.39, 0.29) is 5.91 Å². The fraction of sp³-hybridized carbons (Fsp3) is 0.261. The zero-order chi connectivity index (χ0) is 22.9. The number of aryl methyl sites for hydroxylation is 1. The lowest BCUT2D eigenvalue weighted by atomic mass is 10.2. The molecule has 0 unspecified atom stereocenters. The lowest BCUT2D eigenvalue weighted by Crippen LogP contribution is -2.24. The van der Waals surface area contributed by atoms with E-state index in [1.54, 1.807) is 25.6 Å². The fourth-order valence-electron chi connectivity index (χ4n) is 2.88. The summed E-state index contributed by atoms with van der Waals surface area (Å²) in [5.41, 5.74) is 3.93. The minimum atomic E-state index is -0.263. The lowest BCUT2D eigenvalue weighted by Gasteiger charge is -2.10. The maximum absolute atomic E-state index is 12.9. The van der Waals surface area contributed by atoms with Crippen LogP contribution in [-0.4, -0.2) is 33.0 Å². The third kappa shape index (κ3) is 5.55. The van der Waals surface area contributed by atoms with E-state index < -0.39 is 0 Å². The molecule has 0 atom stereocenters. The maximum Gasteiger partial charge on any atom is 0.271 e. The van der Waals surface area contributed by atoms with Crippen LogP contribution < -0.4 is 15.4 Å². The molecule has 0 aromatic carbocycles. The van der Waals surface area contributed by atoms with E-state index in [1.807, 2.05) is 50.4 Å². The van der Waals surface area contributed by atoms with Crippen LogP contribution in [0.4, 0.5) is 5.95 Å². The number of amides is 1. The van der Waals surface area contributed by atoms with E-state index in [1.165, 1.54) is 11.3 Å². The normalized spacial score (nSPS) is 10.2. The Labute approximate surface area is 191 Å². The van der Waals surface area contributed by atoms with Gasteiger partial charge in [0.05, 0.1) is 17.3 Å². The van der Waals surface area contributed by atoms with Gasteiger partial charge >= 0.3 is 0 Å². The topological polar surface area (TPSA) is 102 Å². The summed E-state index contributed by atoms with van der Waals surface area (Å²) in [5, 5.41) is 8.01. The number of nitrogens with one attached hydrogen (secondary N) is 2. The highest BCUT2D eigenvalue weighted by Gasteiger charge is 2.16. The summed E-state index contributed by atoms with van der Waals surface area (Å²) in [7, 11) is 1.56. The number of aromatic nitrogens is 4. The van der Waals surface area contributed by atoms with Crippen LogP contribution >= 0.6 is 11.3 Å². The first kappa shape index (κ1) is 23.1. The molecule has 0 saturated carbocycles. The van der Waals surface area contributed by atoms with Gasteiger partial charge in [0.2, 0.25) is 11.8 Å². The molecule has 1 amide bonds. The summed E-state index contributed by atoms with van der Waals surface area (Å²) < 4.78 is 5.81. The predicted molar refractivity (Wildman–Crippen MR) is 127 cm³/mol. The molecule has 4 aromatic rings. The summed E-state index contributed by atoms with van der Waals surface area (Å²) in [5.74, 6) is 0.669. The zero-order valence-electron chi connectivity index (χ0n) is 18.5. The highest BCUT2D eigenvalue weighted by Crippen LogP contribution is 2.24. The third-order valence-corrected chi connectivity index (χ3v) is 5.44. The minimum Gasteiger partial charge on any atom is -0.481 e. The van der Waals surface area contributed by atoms with Crippen LogP contribution in [-0.2, 0) is 13.1 Å². The standard InChI is InChI=1S/C21H20N6O2S.C2H6/c1-13-15(4-3-8-22-13)12-25-21-26-16-7-9-30-19(16)18(27-21)20(28)24-11-14-5-6-17(29-2)23-10-14;1-2/h3-10H,11-12H2,1-2H3,(H,24,28)(H,25,26,27);1-2H3. The second-order valence-corrected chi connectivity index (χ2v) is 7.44. The SMILES string of the molecule is CC.COc1ccc(CNC(=O)c2nc(NCc3cccnc3C)nc3ccsc23)cn1. The Morgan fingerprint density at radius 3 is 2.66 bits per heavy atom. The van der Waals surface area contributed by atoms with Crippen molar-refractivity contribution < 1.29 is 9.53 Å². The van der Waals surface area contributed by atoms with Crippen molar-refractivity contribution >= 4 is 33.4 Å². The van der Waals surface area contributed by atoms with Gasteiger partial charge in [0.25, 0.3) is 5.91 Å². The van der Waals surface area contributed by atoms with Gasteiger partial charge in [-0.05, 0) is 35.6 Å². The Morgan fingerprint density at radius 2 is 1.94 bits per heavy atom. The summed E-state index contributed by atoms with van der Waals surface area (Å²) in [4.78, 5) is 30.3. The van der Waals surface area contributed by atoms with Gasteiger partial charge in [0, 0.05) is 37.2 Å². The quantitative estimate of drug-likeness (QED) is 0.431. The van der Waals surface area contributed by atoms with Gasteiger partial charge in [-0.25, -0.2) is 15.0 Å². The minimum absolute atomic E-state index is 0.263. The van der Waals surface area contributed by atoms with E-state index in [9.17, 15) is 4.79 Å². The number of methoxy groups -OCH3 is 1. The molecule has 0 spiro atoms. The molecule has 0 aliphatic carbocycles.